The van der Waals surface area contributed by atoms with Gasteiger partial charge in [-0.3, -0.25) is 0 Å². The Hall–Kier alpha value is -1.41. The highest BCUT2D eigenvalue weighted by Crippen LogP contribution is 2.14. The maximum atomic E-state index is 11.2. The van der Waals surface area contributed by atoms with Crippen LogP contribution in [-0.2, 0) is 10.0 Å². The van der Waals surface area contributed by atoms with Crippen LogP contribution in [0.2, 0.25) is 0 Å². The SMILES string of the molecule is Cc1cnc(NCCN(C)S(C)(=O)=O)nc1N(C)C. The van der Waals surface area contributed by atoms with Crippen LogP contribution in [0.1, 0.15) is 5.56 Å². The molecule has 19 heavy (non-hydrogen) atoms. The summed E-state index contributed by atoms with van der Waals surface area (Å²) in [5.41, 5.74) is 0.990. The van der Waals surface area contributed by atoms with Crippen LogP contribution in [0, 0.1) is 6.92 Å². The molecule has 1 aromatic rings. The van der Waals surface area contributed by atoms with Gasteiger partial charge in [0.15, 0.2) is 0 Å². The van der Waals surface area contributed by atoms with Gasteiger partial charge in [-0.05, 0) is 6.92 Å². The molecule has 0 atom stereocenters. The molecule has 0 aliphatic carbocycles. The van der Waals surface area contributed by atoms with E-state index in [0.29, 0.717) is 19.0 Å². The largest absolute Gasteiger partial charge is 0.362 e. The Labute approximate surface area is 114 Å². The zero-order valence-corrected chi connectivity index (χ0v) is 12.8. The Bertz CT molecular complexity index is 530. The predicted molar refractivity (Wildman–Crippen MR) is 77.1 cm³/mol. The van der Waals surface area contributed by atoms with Crippen LogP contribution < -0.4 is 10.2 Å². The first-order valence-electron chi connectivity index (χ1n) is 5.88. The Balaban J connectivity index is 2.62. The van der Waals surface area contributed by atoms with Gasteiger partial charge in [0.05, 0.1) is 6.26 Å². The maximum Gasteiger partial charge on any atom is 0.224 e. The normalized spacial score (nSPS) is 11.7. The molecule has 0 saturated carbocycles. The lowest BCUT2D eigenvalue weighted by Crippen LogP contribution is -2.30. The van der Waals surface area contributed by atoms with Crippen LogP contribution in [0.15, 0.2) is 6.20 Å². The van der Waals surface area contributed by atoms with Gasteiger partial charge >= 0.3 is 0 Å². The summed E-state index contributed by atoms with van der Waals surface area (Å²) in [5.74, 6) is 1.34. The second-order valence-corrected chi connectivity index (χ2v) is 6.70. The standard InChI is InChI=1S/C11H21N5O2S/c1-9-8-13-11(14-10(9)15(2)3)12-6-7-16(4)19(5,17)18/h8H,6-7H2,1-5H3,(H,12,13,14). The van der Waals surface area contributed by atoms with Crippen molar-refractivity contribution < 1.29 is 8.42 Å². The Kier molecular flexibility index (Phi) is 5.07. The summed E-state index contributed by atoms with van der Waals surface area (Å²) in [6, 6.07) is 0. The highest BCUT2D eigenvalue weighted by Gasteiger charge is 2.10. The van der Waals surface area contributed by atoms with Crippen LogP contribution >= 0.6 is 0 Å². The summed E-state index contributed by atoms with van der Waals surface area (Å²) in [6.45, 7) is 2.77. The Morgan fingerprint density at radius 1 is 1.32 bits per heavy atom. The van der Waals surface area contributed by atoms with Gasteiger partial charge in [0.25, 0.3) is 0 Å². The smallest absolute Gasteiger partial charge is 0.224 e. The number of nitrogens with one attached hydrogen (secondary N) is 1. The lowest BCUT2D eigenvalue weighted by molar-refractivity contribution is 0.486. The van der Waals surface area contributed by atoms with E-state index >= 15 is 0 Å². The van der Waals surface area contributed by atoms with E-state index in [1.165, 1.54) is 17.6 Å². The topological polar surface area (TPSA) is 78.4 Å². The van der Waals surface area contributed by atoms with Gasteiger partial charge in [0, 0.05) is 46.0 Å². The number of aromatic nitrogens is 2. The van der Waals surface area contributed by atoms with E-state index in [1.54, 1.807) is 6.20 Å². The van der Waals surface area contributed by atoms with Crippen molar-refractivity contribution in [2.75, 3.05) is 50.7 Å². The third-order valence-corrected chi connectivity index (χ3v) is 3.96. The third kappa shape index (κ3) is 4.64. The van der Waals surface area contributed by atoms with Gasteiger partial charge in [0.2, 0.25) is 16.0 Å². The molecule has 108 valence electrons. The fourth-order valence-corrected chi connectivity index (χ4v) is 1.88. The maximum absolute atomic E-state index is 11.2. The minimum absolute atomic E-state index is 0.368. The average Bonchev–Trinajstić information content (AvgIpc) is 2.29. The van der Waals surface area contributed by atoms with Gasteiger partial charge in [0.1, 0.15) is 5.82 Å². The minimum Gasteiger partial charge on any atom is -0.362 e. The molecular weight excluding hydrogens is 266 g/mol. The molecule has 0 aliphatic rings. The molecule has 1 N–H and O–H groups in total. The molecule has 1 aromatic heterocycles. The van der Waals surface area contributed by atoms with Gasteiger partial charge < -0.3 is 10.2 Å². The van der Waals surface area contributed by atoms with Gasteiger partial charge in [-0.2, -0.15) is 4.98 Å². The Morgan fingerprint density at radius 3 is 2.47 bits per heavy atom. The summed E-state index contributed by atoms with van der Waals surface area (Å²) in [6.07, 6.45) is 2.92. The van der Waals surface area contributed by atoms with Gasteiger partial charge in [-0.15, -0.1) is 0 Å². The molecule has 7 nitrogen and oxygen atoms in total. The zero-order chi connectivity index (χ0) is 14.6. The van der Waals surface area contributed by atoms with E-state index in [4.69, 9.17) is 0 Å². The van der Waals surface area contributed by atoms with Gasteiger partial charge in [-0.25, -0.2) is 17.7 Å². The number of anilines is 2. The predicted octanol–water partition coefficient (Wildman–Crippen LogP) is 0.154. The first kappa shape index (κ1) is 15.6. The van der Waals surface area contributed by atoms with Crippen molar-refractivity contribution in [3.63, 3.8) is 0 Å². The molecule has 1 rings (SSSR count). The van der Waals surface area contributed by atoms with Gasteiger partial charge in [-0.1, -0.05) is 0 Å². The van der Waals surface area contributed by atoms with Crippen LogP contribution in [0.5, 0.6) is 0 Å². The first-order chi connectivity index (χ1) is 8.71. The lowest BCUT2D eigenvalue weighted by atomic mass is 10.3. The van der Waals surface area contributed by atoms with Crippen molar-refractivity contribution in [2.45, 2.75) is 6.92 Å². The van der Waals surface area contributed by atoms with Crippen molar-refractivity contribution in [2.24, 2.45) is 0 Å². The van der Waals surface area contributed by atoms with Crippen molar-refractivity contribution in [1.82, 2.24) is 14.3 Å². The molecule has 0 radical (unpaired) electrons. The summed E-state index contributed by atoms with van der Waals surface area (Å²) in [7, 11) is 2.23. The summed E-state index contributed by atoms with van der Waals surface area (Å²) < 4.78 is 23.7. The summed E-state index contributed by atoms with van der Waals surface area (Å²) >= 11 is 0. The monoisotopic (exact) mass is 287 g/mol. The average molecular weight is 287 g/mol. The molecule has 1 heterocycles. The van der Waals surface area contributed by atoms with E-state index in [9.17, 15) is 8.42 Å². The molecule has 0 saturated heterocycles. The lowest BCUT2D eigenvalue weighted by Gasteiger charge is -2.16. The molecular formula is C11H21N5O2S. The van der Waals surface area contributed by atoms with E-state index < -0.39 is 10.0 Å². The fraction of sp³-hybridized carbons (Fsp3) is 0.636. The number of nitrogens with zero attached hydrogens (tertiary/aromatic N) is 4. The van der Waals surface area contributed by atoms with Crippen molar-refractivity contribution >= 4 is 21.8 Å². The van der Waals surface area contributed by atoms with Crippen LogP contribution in [0.4, 0.5) is 11.8 Å². The third-order valence-electron chi connectivity index (χ3n) is 2.64. The van der Waals surface area contributed by atoms with Crippen molar-refractivity contribution in [1.29, 1.82) is 0 Å². The number of sulfonamides is 1. The fourth-order valence-electron chi connectivity index (χ4n) is 1.46. The van der Waals surface area contributed by atoms with E-state index in [2.05, 4.69) is 15.3 Å². The number of aryl methyl sites for hydroxylation is 1. The second kappa shape index (κ2) is 6.16. The molecule has 0 fully saturated rings. The van der Waals surface area contributed by atoms with E-state index in [0.717, 1.165) is 11.4 Å². The number of rotatable bonds is 6. The van der Waals surface area contributed by atoms with Crippen LogP contribution in [-0.4, -0.2) is 63.2 Å². The van der Waals surface area contributed by atoms with E-state index in [1.807, 2.05) is 25.9 Å². The Morgan fingerprint density at radius 2 is 1.95 bits per heavy atom. The number of hydrogen-bond acceptors (Lipinski definition) is 6. The summed E-state index contributed by atoms with van der Waals surface area (Å²) in [5, 5.41) is 3.02. The van der Waals surface area contributed by atoms with Crippen LogP contribution in [0.3, 0.4) is 0 Å². The second-order valence-electron chi connectivity index (χ2n) is 4.61. The molecule has 8 heteroatoms. The molecule has 0 unspecified atom stereocenters. The first-order valence-corrected chi connectivity index (χ1v) is 7.73. The highest BCUT2D eigenvalue weighted by molar-refractivity contribution is 7.88. The molecule has 0 bridgehead atoms. The number of hydrogen-bond donors (Lipinski definition) is 1. The molecule has 0 aliphatic heterocycles. The van der Waals surface area contributed by atoms with Crippen LogP contribution in [0.25, 0.3) is 0 Å². The molecule has 0 aromatic carbocycles. The van der Waals surface area contributed by atoms with E-state index in [-0.39, 0.29) is 0 Å². The summed E-state index contributed by atoms with van der Waals surface area (Å²) in [4.78, 5) is 10.4. The zero-order valence-electron chi connectivity index (χ0n) is 12.0. The number of likely N-dealkylation sites (N-methyl/N-ethyl adjacent to an activating group) is 1. The quantitative estimate of drug-likeness (QED) is 0.802. The highest BCUT2D eigenvalue weighted by atomic mass is 32.2. The van der Waals surface area contributed by atoms with Crippen molar-refractivity contribution in [3.05, 3.63) is 11.8 Å². The van der Waals surface area contributed by atoms with Crippen molar-refractivity contribution in [3.8, 4) is 0 Å². The molecule has 0 spiro atoms. The minimum atomic E-state index is -3.14. The molecule has 0 amide bonds.